The number of hydrogen-bond acceptors (Lipinski definition) is 2. The first-order valence-corrected chi connectivity index (χ1v) is 9.77. The van der Waals surface area contributed by atoms with E-state index in [4.69, 9.17) is 16.3 Å². The minimum absolute atomic E-state index is 0.0117. The van der Waals surface area contributed by atoms with Crippen molar-refractivity contribution in [3.05, 3.63) is 54.5 Å². The van der Waals surface area contributed by atoms with Gasteiger partial charge in [-0.2, -0.15) is 0 Å². The second-order valence-electron chi connectivity index (χ2n) is 5.45. The van der Waals surface area contributed by atoms with Crippen molar-refractivity contribution in [2.24, 2.45) is 0 Å². The van der Waals surface area contributed by atoms with E-state index >= 15 is 0 Å². The van der Waals surface area contributed by atoms with E-state index in [1.165, 1.54) is 0 Å². The van der Waals surface area contributed by atoms with Gasteiger partial charge < -0.3 is 10.1 Å². The third-order valence-corrected chi connectivity index (χ3v) is 5.79. The number of rotatable bonds is 6. The Bertz CT molecular complexity index is 735. The molecular formula is C18H18BrClINO2. The van der Waals surface area contributed by atoms with Crippen molar-refractivity contribution in [2.75, 3.05) is 11.9 Å². The van der Waals surface area contributed by atoms with Crippen LogP contribution in [0.4, 0.5) is 5.69 Å². The van der Waals surface area contributed by atoms with Crippen LogP contribution in [0, 0.1) is 17.4 Å². The van der Waals surface area contributed by atoms with Gasteiger partial charge in [-0.25, -0.2) is 0 Å². The highest BCUT2D eigenvalue weighted by atomic mass is 127. The van der Waals surface area contributed by atoms with Gasteiger partial charge in [-0.05, 0) is 100 Å². The Balaban J connectivity index is 1.81. The molecule has 128 valence electrons. The smallest absolute Gasteiger partial charge is 0.224 e. The average Bonchev–Trinajstić information content (AvgIpc) is 2.56. The molecule has 0 aromatic heterocycles. The van der Waals surface area contributed by atoms with Crippen LogP contribution in [0.3, 0.4) is 0 Å². The molecule has 6 heteroatoms. The first kappa shape index (κ1) is 19.5. The lowest BCUT2D eigenvalue weighted by molar-refractivity contribution is -0.116. The standard InChI is InChI=1S/C18H18BrClINO2/c1-11-10-15(17(19)12(2)18(11)20)24-9-3-4-16(23)22-14-7-5-13(21)6-8-14/h5-8,10H,3-4,9H2,1-2H3,(H,22,23). The Hall–Kier alpha value is -0.790. The Kier molecular flexibility index (Phi) is 7.37. The second-order valence-corrected chi connectivity index (χ2v) is 7.87. The van der Waals surface area contributed by atoms with Gasteiger partial charge in [0.1, 0.15) is 5.75 Å². The van der Waals surface area contributed by atoms with E-state index in [2.05, 4.69) is 43.8 Å². The molecule has 0 fully saturated rings. The van der Waals surface area contributed by atoms with Gasteiger partial charge in [-0.3, -0.25) is 4.79 Å². The van der Waals surface area contributed by atoms with Crippen molar-refractivity contribution >= 4 is 61.7 Å². The molecule has 2 rings (SSSR count). The molecule has 3 nitrogen and oxygen atoms in total. The quantitative estimate of drug-likeness (QED) is 0.367. The van der Waals surface area contributed by atoms with Crippen LogP contribution in [0.25, 0.3) is 0 Å². The zero-order valence-corrected chi connectivity index (χ0v) is 18.0. The Morgan fingerprint density at radius 3 is 2.62 bits per heavy atom. The normalized spacial score (nSPS) is 10.5. The zero-order chi connectivity index (χ0) is 17.7. The van der Waals surface area contributed by atoms with Crippen LogP contribution >= 0.6 is 50.1 Å². The SMILES string of the molecule is Cc1cc(OCCCC(=O)Nc2ccc(I)cc2)c(Br)c(C)c1Cl. The fourth-order valence-corrected chi connectivity index (χ4v) is 3.23. The summed E-state index contributed by atoms with van der Waals surface area (Å²) in [6.45, 7) is 4.36. The predicted molar refractivity (Wildman–Crippen MR) is 111 cm³/mol. The monoisotopic (exact) mass is 521 g/mol. The summed E-state index contributed by atoms with van der Waals surface area (Å²) >= 11 is 11.9. The minimum Gasteiger partial charge on any atom is -0.492 e. The fourth-order valence-electron chi connectivity index (χ4n) is 2.18. The summed E-state index contributed by atoms with van der Waals surface area (Å²) < 4.78 is 7.78. The molecule has 0 atom stereocenters. The molecule has 0 radical (unpaired) electrons. The van der Waals surface area contributed by atoms with Crippen molar-refractivity contribution in [1.29, 1.82) is 0 Å². The summed E-state index contributed by atoms with van der Waals surface area (Å²) in [6, 6.07) is 9.62. The molecule has 0 saturated carbocycles. The van der Waals surface area contributed by atoms with E-state index < -0.39 is 0 Å². The van der Waals surface area contributed by atoms with E-state index in [1.54, 1.807) is 0 Å². The molecule has 0 spiro atoms. The minimum atomic E-state index is -0.0117. The number of ether oxygens (including phenoxy) is 1. The van der Waals surface area contributed by atoms with Gasteiger partial charge >= 0.3 is 0 Å². The van der Waals surface area contributed by atoms with Crippen LogP contribution in [0.5, 0.6) is 5.75 Å². The van der Waals surface area contributed by atoms with E-state index in [0.29, 0.717) is 19.4 Å². The number of aryl methyl sites for hydroxylation is 1. The number of nitrogens with one attached hydrogen (secondary N) is 1. The molecule has 2 aromatic rings. The predicted octanol–water partition coefficient (Wildman–Crippen LogP) is 6.12. The average molecular weight is 523 g/mol. The third-order valence-electron chi connectivity index (χ3n) is 3.50. The number of benzene rings is 2. The second kappa shape index (κ2) is 9.06. The number of amides is 1. The Morgan fingerprint density at radius 2 is 1.96 bits per heavy atom. The van der Waals surface area contributed by atoms with Crippen molar-refractivity contribution in [2.45, 2.75) is 26.7 Å². The molecule has 0 saturated heterocycles. The highest BCUT2D eigenvalue weighted by molar-refractivity contribution is 14.1. The molecule has 1 amide bonds. The summed E-state index contributed by atoms with van der Waals surface area (Å²) in [4.78, 5) is 11.9. The molecule has 24 heavy (non-hydrogen) atoms. The maximum Gasteiger partial charge on any atom is 0.224 e. The summed E-state index contributed by atoms with van der Waals surface area (Å²) in [5.41, 5.74) is 2.75. The van der Waals surface area contributed by atoms with Gasteiger partial charge in [0, 0.05) is 20.7 Å². The number of hydrogen-bond donors (Lipinski definition) is 1. The molecule has 0 unspecified atom stereocenters. The van der Waals surface area contributed by atoms with Crippen LogP contribution in [-0.2, 0) is 4.79 Å². The van der Waals surface area contributed by atoms with E-state index in [9.17, 15) is 4.79 Å². The molecule has 0 aliphatic heterocycles. The lowest BCUT2D eigenvalue weighted by atomic mass is 10.1. The van der Waals surface area contributed by atoms with Crippen LogP contribution in [0.15, 0.2) is 34.8 Å². The lowest BCUT2D eigenvalue weighted by Gasteiger charge is -2.13. The van der Waals surface area contributed by atoms with Crippen molar-refractivity contribution in [3.63, 3.8) is 0 Å². The molecule has 0 bridgehead atoms. The topological polar surface area (TPSA) is 38.3 Å². The van der Waals surface area contributed by atoms with E-state index in [0.717, 1.165) is 35.6 Å². The summed E-state index contributed by atoms with van der Waals surface area (Å²) in [5.74, 6) is 0.745. The molecule has 0 aliphatic carbocycles. The van der Waals surface area contributed by atoms with Crippen LogP contribution in [0.1, 0.15) is 24.0 Å². The van der Waals surface area contributed by atoms with Crippen LogP contribution in [-0.4, -0.2) is 12.5 Å². The van der Waals surface area contributed by atoms with E-state index in [-0.39, 0.29) is 5.91 Å². The van der Waals surface area contributed by atoms with Crippen LogP contribution in [0.2, 0.25) is 5.02 Å². The van der Waals surface area contributed by atoms with Crippen molar-refractivity contribution < 1.29 is 9.53 Å². The number of halogens is 3. The maximum absolute atomic E-state index is 11.9. The zero-order valence-electron chi connectivity index (χ0n) is 13.5. The number of carbonyl (C=O) groups excluding carboxylic acids is 1. The fraction of sp³-hybridized carbons (Fsp3) is 0.278. The maximum atomic E-state index is 11.9. The van der Waals surface area contributed by atoms with E-state index in [1.807, 2.05) is 44.2 Å². The summed E-state index contributed by atoms with van der Waals surface area (Å²) in [6.07, 6.45) is 1.05. The highest BCUT2D eigenvalue weighted by Gasteiger charge is 2.11. The molecule has 0 heterocycles. The molecule has 1 N–H and O–H groups in total. The molecule has 0 aliphatic rings. The highest BCUT2D eigenvalue weighted by Crippen LogP contribution is 2.35. The van der Waals surface area contributed by atoms with Crippen molar-refractivity contribution in [1.82, 2.24) is 0 Å². The number of anilines is 1. The van der Waals surface area contributed by atoms with Gasteiger partial charge in [0.15, 0.2) is 0 Å². The largest absolute Gasteiger partial charge is 0.492 e. The first-order valence-electron chi connectivity index (χ1n) is 7.52. The Morgan fingerprint density at radius 1 is 1.29 bits per heavy atom. The molecule has 2 aromatic carbocycles. The van der Waals surface area contributed by atoms with Crippen LogP contribution < -0.4 is 10.1 Å². The Labute approximate surface area is 169 Å². The summed E-state index contributed by atoms with van der Waals surface area (Å²) in [5, 5.41) is 3.62. The van der Waals surface area contributed by atoms with Gasteiger partial charge in [-0.15, -0.1) is 0 Å². The summed E-state index contributed by atoms with van der Waals surface area (Å²) in [7, 11) is 0. The van der Waals surface area contributed by atoms with Gasteiger partial charge in [-0.1, -0.05) is 11.6 Å². The van der Waals surface area contributed by atoms with Gasteiger partial charge in [0.2, 0.25) is 5.91 Å². The van der Waals surface area contributed by atoms with Gasteiger partial charge in [0.25, 0.3) is 0 Å². The molecular weight excluding hydrogens is 504 g/mol. The first-order chi connectivity index (χ1) is 11.4. The number of carbonyl (C=O) groups is 1. The van der Waals surface area contributed by atoms with Crippen molar-refractivity contribution in [3.8, 4) is 5.75 Å². The van der Waals surface area contributed by atoms with Gasteiger partial charge in [0.05, 0.1) is 11.1 Å². The lowest BCUT2D eigenvalue weighted by Crippen LogP contribution is -2.12. The third kappa shape index (κ3) is 5.36.